The van der Waals surface area contributed by atoms with E-state index in [0.717, 1.165) is 37.4 Å². The lowest BCUT2D eigenvalue weighted by Gasteiger charge is -2.37. The number of carbonyl (C=O) groups is 1. The Kier molecular flexibility index (Phi) is 6.14. The van der Waals surface area contributed by atoms with Crippen molar-refractivity contribution in [2.24, 2.45) is 5.92 Å². The number of hydrogen-bond donors (Lipinski definition) is 0. The maximum Gasteiger partial charge on any atom is 0.272 e. The van der Waals surface area contributed by atoms with Gasteiger partial charge in [-0.1, -0.05) is 18.2 Å². The minimum absolute atomic E-state index is 0.00772. The lowest BCUT2D eigenvalue weighted by molar-refractivity contribution is 0.0417. The third-order valence-electron chi connectivity index (χ3n) is 6.01. The summed E-state index contributed by atoms with van der Waals surface area (Å²) in [5.41, 5.74) is 2.75. The summed E-state index contributed by atoms with van der Waals surface area (Å²) in [4.78, 5) is 21.2. The molecule has 2 aromatic rings. The van der Waals surface area contributed by atoms with Crippen LogP contribution in [-0.2, 0) is 6.54 Å². The van der Waals surface area contributed by atoms with Crippen LogP contribution in [0.4, 0.5) is 0 Å². The molecule has 5 heteroatoms. The minimum atomic E-state index is -0.00772. The van der Waals surface area contributed by atoms with E-state index in [1.54, 1.807) is 11.0 Å². The Morgan fingerprint density at radius 1 is 1.14 bits per heavy atom. The smallest absolute Gasteiger partial charge is 0.272 e. The maximum absolute atomic E-state index is 12.5. The normalized spacial score (nSPS) is 21.6. The Hall–Kier alpha value is -2.40. The van der Waals surface area contributed by atoms with E-state index in [-0.39, 0.29) is 12.0 Å². The predicted octanol–water partition coefficient (Wildman–Crippen LogP) is 3.92. The summed E-state index contributed by atoms with van der Waals surface area (Å²) in [6, 6.07) is 14.1. The molecule has 154 valence electrons. The zero-order chi connectivity index (χ0) is 20.2. The van der Waals surface area contributed by atoms with E-state index in [1.807, 2.05) is 26.1 Å². The number of rotatable bonds is 7. The molecule has 0 spiro atoms. The lowest BCUT2D eigenvalue weighted by atomic mass is 9.82. The molecule has 1 aliphatic heterocycles. The molecule has 4 rings (SSSR count). The van der Waals surface area contributed by atoms with Crippen molar-refractivity contribution in [2.75, 3.05) is 26.7 Å². The van der Waals surface area contributed by atoms with Crippen molar-refractivity contribution in [2.45, 2.75) is 45.3 Å². The highest BCUT2D eigenvalue weighted by atomic mass is 16.5. The van der Waals surface area contributed by atoms with Crippen molar-refractivity contribution in [3.63, 3.8) is 0 Å². The van der Waals surface area contributed by atoms with Gasteiger partial charge in [0.1, 0.15) is 11.4 Å². The average Bonchev–Trinajstić information content (AvgIpc) is 3.20. The SMILES string of the molecule is Cc1cccc(C(=O)N(C)CC2CC(Oc3ccc(CN4CCCC4)cc3)C2)n1. The molecule has 1 aliphatic carbocycles. The van der Waals surface area contributed by atoms with Crippen LogP contribution >= 0.6 is 0 Å². The molecule has 1 saturated carbocycles. The first-order chi connectivity index (χ1) is 14.1. The highest BCUT2D eigenvalue weighted by Gasteiger charge is 2.32. The summed E-state index contributed by atoms with van der Waals surface area (Å²) in [6.45, 7) is 6.14. The van der Waals surface area contributed by atoms with Gasteiger partial charge in [-0.05, 0) is 81.4 Å². The summed E-state index contributed by atoms with van der Waals surface area (Å²) >= 11 is 0. The van der Waals surface area contributed by atoms with Crippen molar-refractivity contribution in [3.05, 3.63) is 59.4 Å². The monoisotopic (exact) mass is 393 g/mol. The van der Waals surface area contributed by atoms with Crippen LogP contribution in [0.15, 0.2) is 42.5 Å². The number of aromatic nitrogens is 1. The van der Waals surface area contributed by atoms with Crippen LogP contribution in [0.3, 0.4) is 0 Å². The number of likely N-dealkylation sites (tertiary alicyclic amines) is 1. The molecule has 0 radical (unpaired) electrons. The number of carbonyl (C=O) groups excluding carboxylic acids is 1. The fraction of sp³-hybridized carbons (Fsp3) is 0.500. The number of amides is 1. The summed E-state index contributed by atoms with van der Waals surface area (Å²) < 4.78 is 6.12. The number of nitrogens with zero attached hydrogens (tertiary/aromatic N) is 3. The van der Waals surface area contributed by atoms with Gasteiger partial charge in [-0.15, -0.1) is 0 Å². The first kappa shape index (κ1) is 19.9. The Labute approximate surface area is 173 Å². The topological polar surface area (TPSA) is 45.7 Å². The van der Waals surface area contributed by atoms with E-state index in [4.69, 9.17) is 4.74 Å². The van der Waals surface area contributed by atoms with Crippen LogP contribution in [0.25, 0.3) is 0 Å². The van der Waals surface area contributed by atoms with Gasteiger partial charge < -0.3 is 9.64 Å². The quantitative estimate of drug-likeness (QED) is 0.715. The van der Waals surface area contributed by atoms with Crippen LogP contribution in [-0.4, -0.2) is 53.5 Å². The van der Waals surface area contributed by atoms with E-state index in [0.29, 0.717) is 11.6 Å². The summed E-state index contributed by atoms with van der Waals surface area (Å²) in [6.07, 6.45) is 4.89. The predicted molar refractivity (Wildman–Crippen MR) is 114 cm³/mol. The number of aryl methyl sites for hydroxylation is 1. The Balaban J connectivity index is 1.20. The van der Waals surface area contributed by atoms with Crippen LogP contribution in [0.2, 0.25) is 0 Å². The standard InChI is InChI=1S/C24H31N3O2/c1-18-6-5-7-23(25-18)24(28)26(2)16-20-14-22(15-20)29-21-10-8-19(9-11-21)17-27-12-3-4-13-27/h5-11,20,22H,3-4,12-17H2,1-2H3. The van der Waals surface area contributed by atoms with E-state index < -0.39 is 0 Å². The minimum Gasteiger partial charge on any atom is -0.490 e. The van der Waals surface area contributed by atoms with Gasteiger partial charge in [0.15, 0.2) is 0 Å². The van der Waals surface area contributed by atoms with Gasteiger partial charge in [-0.25, -0.2) is 4.98 Å². The second-order valence-corrected chi connectivity index (χ2v) is 8.55. The highest BCUT2D eigenvalue weighted by Crippen LogP contribution is 2.32. The van der Waals surface area contributed by atoms with Crippen LogP contribution in [0.1, 0.15) is 47.4 Å². The Bertz CT molecular complexity index is 824. The van der Waals surface area contributed by atoms with Crippen LogP contribution in [0.5, 0.6) is 5.75 Å². The van der Waals surface area contributed by atoms with Crippen molar-refractivity contribution in [1.29, 1.82) is 0 Å². The molecular formula is C24H31N3O2. The molecular weight excluding hydrogens is 362 g/mol. The molecule has 1 aromatic carbocycles. The number of benzene rings is 1. The van der Waals surface area contributed by atoms with Gasteiger partial charge >= 0.3 is 0 Å². The third-order valence-corrected chi connectivity index (χ3v) is 6.01. The zero-order valence-corrected chi connectivity index (χ0v) is 17.5. The first-order valence-corrected chi connectivity index (χ1v) is 10.7. The van der Waals surface area contributed by atoms with Gasteiger partial charge in [0.25, 0.3) is 5.91 Å². The van der Waals surface area contributed by atoms with Gasteiger partial charge in [-0.2, -0.15) is 0 Å². The Morgan fingerprint density at radius 3 is 2.55 bits per heavy atom. The fourth-order valence-corrected chi connectivity index (χ4v) is 4.31. The molecule has 29 heavy (non-hydrogen) atoms. The summed E-state index contributed by atoms with van der Waals surface area (Å²) in [5.74, 6) is 1.44. The van der Waals surface area contributed by atoms with E-state index in [1.165, 1.54) is 31.5 Å². The lowest BCUT2D eigenvalue weighted by Crippen LogP contribution is -2.42. The molecule has 5 nitrogen and oxygen atoms in total. The van der Waals surface area contributed by atoms with E-state index in [2.05, 4.69) is 34.1 Å². The average molecular weight is 394 g/mol. The Morgan fingerprint density at radius 2 is 1.86 bits per heavy atom. The first-order valence-electron chi connectivity index (χ1n) is 10.7. The second-order valence-electron chi connectivity index (χ2n) is 8.55. The molecule has 1 aromatic heterocycles. The summed E-state index contributed by atoms with van der Waals surface area (Å²) in [7, 11) is 1.86. The molecule has 1 amide bonds. The molecule has 0 unspecified atom stereocenters. The fourth-order valence-electron chi connectivity index (χ4n) is 4.31. The third kappa shape index (κ3) is 5.15. The molecule has 0 atom stereocenters. The van der Waals surface area contributed by atoms with Gasteiger partial charge in [0, 0.05) is 25.8 Å². The van der Waals surface area contributed by atoms with E-state index in [9.17, 15) is 4.79 Å². The largest absolute Gasteiger partial charge is 0.490 e. The number of pyridine rings is 1. The van der Waals surface area contributed by atoms with Crippen molar-refractivity contribution < 1.29 is 9.53 Å². The van der Waals surface area contributed by atoms with Gasteiger partial charge in [0.05, 0.1) is 6.10 Å². The molecule has 0 N–H and O–H groups in total. The van der Waals surface area contributed by atoms with E-state index >= 15 is 0 Å². The molecule has 2 heterocycles. The molecule has 2 fully saturated rings. The van der Waals surface area contributed by atoms with Crippen molar-refractivity contribution in [1.82, 2.24) is 14.8 Å². The van der Waals surface area contributed by atoms with Gasteiger partial charge in [0.2, 0.25) is 0 Å². The molecule has 2 aliphatic rings. The summed E-state index contributed by atoms with van der Waals surface area (Å²) in [5, 5.41) is 0. The second kappa shape index (κ2) is 8.95. The molecule has 0 bridgehead atoms. The van der Waals surface area contributed by atoms with Gasteiger partial charge in [-0.3, -0.25) is 9.69 Å². The van der Waals surface area contributed by atoms with Crippen LogP contribution in [0, 0.1) is 12.8 Å². The maximum atomic E-state index is 12.5. The number of hydrogen-bond acceptors (Lipinski definition) is 4. The van der Waals surface area contributed by atoms with Crippen molar-refractivity contribution in [3.8, 4) is 5.75 Å². The highest BCUT2D eigenvalue weighted by molar-refractivity contribution is 5.92. The molecule has 1 saturated heterocycles. The zero-order valence-electron chi connectivity index (χ0n) is 17.5. The van der Waals surface area contributed by atoms with Crippen molar-refractivity contribution >= 4 is 5.91 Å². The number of ether oxygens (including phenoxy) is 1. The van der Waals surface area contributed by atoms with Crippen LogP contribution < -0.4 is 4.74 Å².